The molecule has 0 aromatic carbocycles. The number of aliphatic carboxylic acids is 1. The van der Waals surface area contributed by atoms with Crippen molar-refractivity contribution in [3.05, 3.63) is 0 Å². The molecule has 94 valence electrons. The van der Waals surface area contributed by atoms with Crippen molar-refractivity contribution in [1.29, 1.82) is 0 Å². The van der Waals surface area contributed by atoms with E-state index >= 15 is 0 Å². The summed E-state index contributed by atoms with van der Waals surface area (Å²) in [5.74, 6) is 0.0446. The molecule has 1 aliphatic carbocycles. The standard InChI is InChI=1S/C12H24N2O2/c1-4-13-12(3,11(15)16)9-14(5-2)8-10-6-7-10/h10,13H,4-9H2,1-3H3,(H,15,16). The summed E-state index contributed by atoms with van der Waals surface area (Å²) >= 11 is 0. The fourth-order valence-corrected chi connectivity index (χ4v) is 2.01. The molecule has 16 heavy (non-hydrogen) atoms. The molecule has 0 radical (unpaired) electrons. The molecule has 0 aliphatic heterocycles. The van der Waals surface area contributed by atoms with Crippen molar-refractivity contribution in [2.45, 2.75) is 39.2 Å². The summed E-state index contributed by atoms with van der Waals surface area (Å²) in [7, 11) is 0. The van der Waals surface area contributed by atoms with E-state index in [1.54, 1.807) is 6.92 Å². The monoisotopic (exact) mass is 228 g/mol. The molecule has 4 nitrogen and oxygen atoms in total. The lowest BCUT2D eigenvalue weighted by atomic mass is 10.0. The van der Waals surface area contributed by atoms with Gasteiger partial charge in [-0.15, -0.1) is 0 Å². The van der Waals surface area contributed by atoms with Crippen molar-refractivity contribution in [2.75, 3.05) is 26.2 Å². The number of hydrogen-bond donors (Lipinski definition) is 2. The maximum Gasteiger partial charge on any atom is 0.324 e. The van der Waals surface area contributed by atoms with Crippen LogP contribution >= 0.6 is 0 Å². The molecular weight excluding hydrogens is 204 g/mol. The summed E-state index contributed by atoms with van der Waals surface area (Å²) in [6.45, 7) is 9.05. The molecule has 0 saturated heterocycles. The molecule has 0 bridgehead atoms. The van der Waals surface area contributed by atoms with E-state index in [1.807, 2.05) is 6.92 Å². The minimum Gasteiger partial charge on any atom is -0.480 e. The van der Waals surface area contributed by atoms with Gasteiger partial charge in [0.25, 0.3) is 0 Å². The lowest BCUT2D eigenvalue weighted by molar-refractivity contribution is -0.145. The molecule has 1 fully saturated rings. The van der Waals surface area contributed by atoms with Crippen LogP contribution in [0.2, 0.25) is 0 Å². The Kier molecular flexibility index (Phi) is 4.74. The van der Waals surface area contributed by atoms with Crippen LogP contribution in [0.5, 0.6) is 0 Å². The fraction of sp³-hybridized carbons (Fsp3) is 0.917. The third kappa shape index (κ3) is 3.76. The topological polar surface area (TPSA) is 52.6 Å². The van der Waals surface area contributed by atoms with Crippen LogP contribution in [0, 0.1) is 5.92 Å². The molecule has 0 heterocycles. The summed E-state index contributed by atoms with van der Waals surface area (Å²) in [4.78, 5) is 13.5. The molecule has 2 N–H and O–H groups in total. The van der Waals surface area contributed by atoms with Crippen molar-refractivity contribution < 1.29 is 9.90 Å². The van der Waals surface area contributed by atoms with Gasteiger partial charge in [0.2, 0.25) is 0 Å². The third-order valence-electron chi connectivity index (χ3n) is 3.24. The zero-order chi connectivity index (χ0) is 12.2. The number of hydrogen-bond acceptors (Lipinski definition) is 3. The summed E-state index contributed by atoms with van der Waals surface area (Å²) in [5, 5.41) is 12.3. The molecule has 1 unspecified atom stereocenters. The van der Waals surface area contributed by atoms with E-state index in [1.165, 1.54) is 12.8 Å². The second kappa shape index (κ2) is 5.64. The number of nitrogens with one attached hydrogen (secondary N) is 1. The van der Waals surface area contributed by atoms with Gasteiger partial charge in [-0.3, -0.25) is 4.79 Å². The Morgan fingerprint density at radius 3 is 2.50 bits per heavy atom. The minimum absolute atomic E-state index is 0.586. The van der Waals surface area contributed by atoms with E-state index in [0.717, 1.165) is 19.0 Å². The summed E-state index contributed by atoms with van der Waals surface area (Å²) in [5.41, 5.74) is -0.820. The molecule has 4 heteroatoms. The van der Waals surface area contributed by atoms with Crippen LogP contribution in [0.4, 0.5) is 0 Å². The molecule has 0 amide bonds. The van der Waals surface area contributed by atoms with Crippen LogP contribution in [-0.2, 0) is 4.79 Å². The highest BCUT2D eigenvalue weighted by Crippen LogP contribution is 2.30. The van der Waals surface area contributed by atoms with Gasteiger partial charge in [0.1, 0.15) is 5.54 Å². The van der Waals surface area contributed by atoms with Crippen LogP contribution in [0.25, 0.3) is 0 Å². The quantitative estimate of drug-likeness (QED) is 0.655. The average Bonchev–Trinajstić information content (AvgIpc) is 3.01. The minimum atomic E-state index is -0.820. The van der Waals surface area contributed by atoms with Gasteiger partial charge >= 0.3 is 5.97 Å². The highest BCUT2D eigenvalue weighted by Gasteiger charge is 2.35. The number of rotatable bonds is 8. The van der Waals surface area contributed by atoms with Crippen molar-refractivity contribution in [3.63, 3.8) is 0 Å². The molecule has 0 spiro atoms. The Hall–Kier alpha value is -0.610. The summed E-state index contributed by atoms with van der Waals surface area (Å²) in [6, 6.07) is 0. The van der Waals surface area contributed by atoms with Crippen molar-refractivity contribution in [2.24, 2.45) is 5.92 Å². The first-order valence-corrected chi connectivity index (χ1v) is 6.22. The smallest absolute Gasteiger partial charge is 0.324 e. The molecule has 1 saturated carbocycles. The largest absolute Gasteiger partial charge is 0.480 e. The van der Waals surface area contributed by atoms with Gasteiger partial charge in [0, 0.05) is 13.1 Å². The first kappa shape index (κ1) is 13.5. The van der Waals surface area contributed by atoms with Gasteiger partial charge in [-0.1, -0.05) is 13.8 Å². The van der Waals surface area contributed by atoms with E-state index < -0.39 is 11.5 Å². The predicted octanol–water partition coefficient (Wildman–Crippen LogP) is 1.17. The molecule has 1 atom stereocenters. The number of carboxylic acid groups (broad SMARTS) is 1. The first-order valence-electron chi connectivity index (χ1n) is 6.22. The Bertz CT molecular complexity index is 241. The normalized spacial score (nSPS) is 19.8. The Labute approximate surface area is 98.0 Å². The third-order valence-corrected chi connectivity index (χ3v) is 3.24. The van der Waals surface area contributed by atoms with Crippen LogP contribution in [-0.4, -0.2) is 47.7 Å². The number of likely N-dealkylation sites (N-methyl/N-ethyl adjacent to an activating group) is 2. The zero-order valence-corrected chi connectivity index (χ0v) is 10.6. The van der Waals surface area contributed by atoms with Gasteiger partial charge in [-0.25, -0.2) is 0 Å². The Morgan fingerprint density at radius 2 is 2.12 bits per heavy atom. The first-order chi connectivity index (χ1) is 7.51. The van der Waals surface area contributed by atoms with E-state index in [0.29, 0.717) is 13.1 Å². The highest BCUT2D eigenvalue weighted by molar-refractivity contribution is 5.78. The molecule has 0 aromatic heterocycles. The zero-order valence-electron chi connectivity index (χ0n) is 10.6. The maximum absolute atomic E-state index is 11.3. The SMILES string of the molecule is CCNC(C)(CN(CC)CC1CC1)C(=O)O. The second-order valence-corrected chi connectivity index (χ2v) is 4.94. The molecule has 0 aromatic rings. The van der Waals surface area contributed by atoms with E-state index in [-0.39, 0.29) is 0 Å². The second-order valence-electron chi connectivity index (χ2n) is 4.94. The van der Waals surface area contributed by atoms with Gasteiger partial charge in [0.05, 0.1) is 0 Å². The van der Waals surface area contributed by atoms with Crippen molar-refractivity contribution in [1.82, 2.24) is 10.2 Å². The molecule has 1 aliphatic rings. The predicted molar refractivity (Wildman–Crippen MR) is 64.6 cm³/mol. The number of carbonyl (C=O) groups is 1. The Balaban J connectivity index is 2.52. The van der Waals surface area contributed by atoms with E-state index in [2.05, 4.69) is 17.1 Å². The van der Waals surface area contributed by atoms with Crippen LogP contribution < -0.4 is 5.32 Å². The van der Waals surface area contributed by atoms with Crippen molar-refractivity contribution in [3.8, 4) is 0 Å². The van der Waals surface area contributed by atoms with Gasteiger partial charge in [-0.05, 0) is 38.8 Å². The van der Waals surface area contributed by atoms with Gasteiger partial charge in [-0.2, -0.15) is 0 Å². The maximum atomic E-state index is 11.3. The van der Waals surface area contributed by atoms with E-state index in [9.17, 15) is 9.90 Å². The molecule has 1 rings (SSSR count). The van der Waals surface area contributed by atoms with Crippen LogP contribution in [0.15, 0.2) is 0 Å². The highest BCUT2D eigenvalue weighted by atomic mass is 16.4. The van der Waals surface area contributed by atoms with Crippen molar-refractivity contribution >= 4 is 5.97 Å². The van der Waals surface area contributed by atoms with Crippen LogP contribution in [0.3, 0.4) is 0 Å². The summed E-state index contributed by atoms with van der Waals surface area (Å²) < 4.78 is 0. The van der Waals surface area contributed by atoms with Crippen LogP contribution in [0.1, 0.15) is 33.6 Å². The van der Waals surface area contributed by atoms with E-state index in [4.69, 9.17) is 0 Å². The lowest BCUT2D eigenvalue weighted by Gasteiger charge is -2.32. The Morgan fingerprint density at radius 1 is 1.50 bits per heavy atom. The van der Waals surface area contributed by atoms with Gasteiger partial charge < -0.3 is 15.3 Å². The average molecular weight is 228 g/mol. The van der Waals surface area contributed by atoms with Gasteiger partial charge in [0.15, 0.2) is 0 Å². The lowest BCUT2D eigenvalue weighted by Crippen LogP contribution is -2.57. The number of carboxylic acids is 1. The fourth-order valence-electron chi connectivity index (χ4n) is 2.01. The molecular formula is C12H24N2O2. The summed E-state index contributed by atoms with van der Waals surface area (Å²) in [6.07, 6.45) is 2.61. The number of nitrogens with zero attached hydrogens (tertiary/aromatic N) is 1.